The quantitative estimate of drug-likeness (QED) is 0.458. The summed E-state index contributed by atoms with van der Waals surface area (Å²) in [7, 11) is 0. The van der Waals surface area contributed by atoms with E-state index in [9.17, 15) is 4.79 Å². The molecule has 0 radical (unpaired) electrons. The molecular formula is C3H6O3. The minimum Gasteiger partial charge on any atom is -0.479 e. The molecule has 0 aliphatic rings. The second-order valence-electron chi connectivity index (χ2n) is 0.654. The van der Waals surface area contributed by atoms with E-state index in [0.717, 1.165) is 0 Å². The molecule has 36 valence electrons. The van der Waals surface area contributed by atoms with E-state index < -0.39 is 18.9 Å². The van der Waals surface area contributed by atoms with Crippen LogP contribution in [0.2, 0.25) is 0 Å². The Bertz CT molecular complexity index is 148. The van der Waals surface area contributed by atoms with Gasteiger partial charge in [-0.05, 0) is 6.85 Å². The molecule has 0 aromatic carbocycles. The molecule has 0 aliphatic carbocycles. The van der Waals surface area contributed by atoms with Crippen molar-refractivity contribution >= 4 is 5.97 Å². The molecule has 6 heavy (non-hydrogen) atoms. The van der Waals surface area contributed by atoms with E-state index >= 15 is 0 Å². The maximum absolute atomic E-state index is 9.87. The van der Waals surface area contributed by atoms with Crippen LogP contribution in [0.15, 0.2) is 0 Å². The van der Waals surface area contributed by atoms with Gasteiger partial charge in [-0.15, -0.1) is 0 Å². The zero-order chi connectivity index (χ0) is 8.58. The van der Waals surface area contributed by atoms with Crippen LogP contribution < -0.4 is 0 Å². The number of hydrogen-bond acceptors (Lipinski definition) is 2. The van der Waals surface area contributed by atoms with Gasteiger partial charge in [0.05, 0.1) is 1.37 Å². The Morgan fingerprint density at radius 2 is 2.83 bits per heavy atom. The van der Waals surface area contributed by atoms with E-state index in [0.29, 0.717) is 0 Å². The standard InChI is InChI=1S/C3H6O3/c1-2(4)3(5)6/h2,4H,1H3,(H,5,6)/t2-/m0/s1/i1D3,2D. The molecule has 0 spiro atoms. The van der Waals surface area contributed by atoms with Crippen molar-refractivity contribution in [3.63, 3.8) is 0 Å². The fourth-order valence-corrected chi connectivity index (χ4v) is 0. The summed E-state index contributed by atoms with van der Waals surface area (Å²) in [5.41, 5.74) is 0. The number of hydrogen-bond donors (Lipinski definition) is 2. The van der Waals surface area contributed by atoms with Crippen molar-refractivity contribution in [1.82, 2.24) is 0 Å². The number of carboxylic acid groups (broad SMARTS) is 1. The van der Waals surface area contributed by atoms with Crippen LogP contribution in [0.5, 0.6) is 0 Å². The number of carboxylic acids is 1. The molecule has 0 aromatic heterocycles. The first kappa shape index (κ1) is 1.50. The van der Waals surface area contributed by atoms with Crippen molar-refractivity contribution in [2.45, 2.75) is 12.9 Å². The van der Waals surface area contributed by atoms with E-state index in [1.54, 1.807) is 0 Å². The van der Waals surface area contributed by atoms with Gasteiger partial charge in [-0.25, -0.2) is 4.79 Å². The van der Waals surface area contributed by atoms with Crippen LogP contribution in [0, 0.1) is 0 Å². The lowest BCUT2D eigenvalue weighted by Gasteiger charge is -1.89. The largest absolute Gasteiger partial charge is 0.479 e. The van der Waals surface area contributed by atoms with Crippen molar-refractivity contribution in [2.75, 3.05) is 0 Å². The van der Waals surface area contributed by atoms with Gasteiger partial charge in [-0.2, -0.15) is 0 Å². The van der Waals surface area contributed by atoms with Gasteiger partial charge in [-0.1, -0.05) is 0 Å². The topological polar surface area (TPSA) is 57.5 Å². The zero-order valence-corrected chi connectivity index (χ0v) is 2.80. The van der Waals surface area contributed by atoms with Gasteiger partial charge in [0.15, 0.2) is 0 Å². The normalized spacial score (nSPS) is 30.8. The number of aliphatic hydroxyl groups is 1. The lowest BCUT2D eigenvalue weighted by molar-refractivity contribution is -0.145. The average molecular weight is 94.1 g/mol. The summed E-state index contributed by atoms with van der Waals surface area (Å²) < 4.78 is 25.6. The predicted octanol–water partition coefficient (Wildman–Crippen LogP) is -0.548. The van der Waals surface area contributed by atoms with E-state index in [4.69, 9.17) is 15.7 Å². The van der Waals surface area contributed by atoms with Gasteiger partial charge in [0.1, 0.15) is 6.08 Å². The van der Waals surface area contributed by atoms with E-state index in [1.165, 1.54) is 0 Å². The van der Waals surface area contributed by atoms with Gasteiger partial charge in [0.25, 0.3) is 0 Å². The molecule has 0 rings (SSSR count). The molecule has 0 saturated heterocycles. The first-order valence-corrected chi connectivity index (χ1v) is 1.15. The van der Waals surface area contributed by atoms with Crippen LogP contribution in [-0.2, 0) is 4.79 Å². The zero-order valence-electron chi connectivity index (χ0n) is 6.80. The summed E-state index contributed by atoms with van der Waals surface area (Å²) in [5.74, 6) is -2.08. The summed E-state index contributed by atoms with van der Waals surface area (Å²) >= 11 is 0. The van der Waals surface area contributed by atoms with E-state index in [2.05, 4.69) is 0 Å². The van der Waals surface area contributed by atoms with E-state index in [1.807, 2.05) is 0 Å². The first-order chi connectivity index (χ1) is 4.19. The highest BCUT2D eigenvalue weighted by atomic mass is 16.4. The summed E-state index contributed by atoms with van der Waals surface area (Å²) in [5, 5.41) is 16.4. The van der Waals surface area contributed by atoms with Crippen molar-refractivity contribution in [2.24, 2.45) is 0 Å². The summed E-state index contributed by atoms with van der Waals surface area (Å²) in [4.78, 5) is 9.87. The van der Waals surface area contributed by atoms with Crippen molar-refractivity contribution in [1.29, 1.82) is 0 Å². The Hall–Kier alpha value is -0.570. The third-order valence-electron chi connectivity index (χ3n) is 0.203. The van der Waals surface area contributed by atoms with Crippen molar-refractivity contribution < 1.29 is 20.5 Å². The molecule has 3 heteroatoms. The van der Waals surface area contributed by atoms with E-state index in [-0.39, 0.29) is 0 Å². The molecule has 0 aromatic rings. The second kappa shape index (κ2) is 1.77. The Kier molecular flexibility index (Phi) is 0.442. The summed E-state index contributed by atoms with van der Waals surface area (Å²) in [6.45, 7) is -3.21. The first-order valence-electron chi connectivity index (χ1n) is 3.15. The molecule has 0 saturated carbocycles. The van der Waals surface area contributed by atoms with Crippen LogP contribution in [0.1, 0.15) is 12.3 Å². The summed E-state index contributed by atoms with van der Waals surface area (Å²) in [6.07, 6.45) is -3.40. The third kappa shape index (κ3) is 1.72. The Balaban J connectivity index is 4.57. The second-order valence-corrected chi connectivity index (χ2v) is 0.654. The predicted molar refractivity (Wildman–Crippen MR) is 19.3 cm³/mol. The van der Waals surface area contributed by atoms with Crippen LogP contribution >= 0.6 is 0 Å². The molecule has 0 unspecified atom stereocenters. The third-order valence-corrected chi connectivity index (χ3v) is 0.203. The van der Waals surface area contributed by atoms with Gasteiger partial charge >= 0.3 is 5.97 Å². The van der Waals surface area contributed by atoms with Crippen LogP contribution in [0.4, 0.5) is 0 Å². The molecule has 0 bridgehead atoms. The molecule has 0 amide bonds. The molecule has 0 fully saturated rings. The minimum atomic E-state index is -3.40. The maximum atomic E-state index is 9.87. The lowest BCUT2D eigenvalue weighted by Crippen LogP contribution is -2.13. The van der Waals surface area contributed by atoms with Crippen LogP contribution in [-0.4, -0.2) is 22.3 Å². The smallest absolute Gasteiger partial charge is 0.332 e. The van der Waals surface area contributed by atoms with Gasteiger partial charge in [0.2, 0.25) is 0 Å². The number of carbonyl (C=O) groups is 1. The van der Waals surface area contributed by atoms with Crippen LogP contribution in [0.25, 0.3) is 0 Å². The lowest BCUT2D eigenvalue weighted by atomic mass is 10.4. The van der Waals surface area contributed by atoms with Crippen LogP contribution in [0.3, 0.4) is 0 Å². The van der Waals surface area contributed by atoms with Gasteiger partial charge in [-0.3, -0.25) is 0 Å². The number of aliphatic carboxylic acids is 1. The van der Waals surface area contributed by atoms with Crippen molar-refractivity contribution in [3.8, 4) is 0 Å². The highest BCUT2D eigenvalue weighted by molar-refractivity contribution is 5.71. The molecule has 0 heterocycles. The maximum Gasteiger partial charge on any atom is 0.332 e. The molecule has 2 N–H and O–H groups in total. The monoisotopic (exact) mass is 94.1 g/mol. The molecule has 3 nitrogen and oxygen atoms in total. The van der Waals surface area contributed by atoms with Crippen molar-refractivity contribution in [3.05, 3.63) is 0 Å². The SMILES string of the molecule is [2H]C([2H])([2H])[C@]([2H])(O)C(=O)O. The Morgan fingerprint density at radius 3 is 2.83 bits per heavy atom. The minimum absolute atomic E-state index is 2.08. The Labute approximate surface area is 40.8 Å². The van der Waals surface area contributed by atoms with Gasteiger partial charge in [0, 0.05) is 4.11 Å². The molecular weight excluding hydrogens is 84.0 g/mol. The average Bonchev–Trinajstić information content (AvgIpc) is 1.62. The highest BCUT2D eigenvalue weighted by Gasteiger charge is 2.01. The fourth-order valence-electron chi connectivity index (χ4n) is 0. The highest BCUT2D eigenvalue weighted by Crippen LogP contribution is 1.73. The number of rotatable bonds is 1. The Morgan fingerprint density at radius 1 is 2.33 bits per heavy atom. The van der Waals surface area contributed by atoms with Gasteiger partial charge < -0.3 is 10.2 Å². The fraction of sp³-hybridized carbons (Fsp3) is 0.667. The molecule has 0 aliphatic heterocycles. The summed E-state index contributed by atoms with van der Waals surface area (Å²) in [6, 6.07) is 0. The molecule has 1 atom stereocenters.